The third-order valence-electron chi connectivity index (χ3n) is 5.46. The normalized spacial score (nSPS) is 40.8. The van der Waals surface area contributed by atoms with Gasteiger partial charge < -0.3 is 14.7 Å². The lowest BCUT2D eigenvalue weighted by Gasteiger charge is -2.52. The molecule has 1 aromatic rings. The van der Waals surface area contributed by atoms with E-state index < -0.39 is 0 Å². The molecular formula is C16H21NO2. The number of phenolic OH excluding ortho intramolecular Hbond substituents is 1. The van der Waals surface area contributed by atoms with Crippen LogP contribution < -0.4 is 0 Å². The molecule has 19 heavy (non-hydrogen) atoms. The molecule has 1 N–H and O–H groups in total. The molecule has 3 nitrogen and oxygen atoms in total. The first-order chi connectivity index (χ1) is 9.10. The van der Waals surface area contributed by atoms with Crippen molar-refractivity contribution in [2.75, 3.05) is 13.6 Å². The van der Waals surface area contributed by atoms with E-state index in [2.05, 4.69) is 24.9 Å². The maximum atomic E-state index is 9.87. The SMILES string of the molecule is CC1C[C@]23CCN(C)[C@H](Cc4ccc(O)cc42)[C@H]3O1. The Morgan fingerprint density at radius 1 is 1.42 bits per heavy atom. The minimum absolute atomic E-state index is 0.142. The molecule has 4 rings (SSSR count). The highest BCUT2D eigenvalue weighted by Crippen LogP contribution is 2.53. The van der Waals surface area contributed by atoms with Crippen molar-refractivity contribution in [1.29, 1.82) is 0 Å². The van der Waals surface area contributed by atoms with Gasteiger partial charge in [0.05, 0.1) is 12.2 Å². The fraction of sp³-hybridized carbons (Fsp3) is 0.625. The number of piperidine rings is 1. The van der Waals surface area contributed by atoms with Crippen molar-refractivity contribution in [2.24, 2.45) is 0 Å². The third-order valence-corrected chi connectivity index (χ3v) is 5.46. The Morgan fingerprint density at radius 2 is 2.26 bits per heavy atom. The molecule has 102 valence electrons. The lowest BCUT2D eigenvalue weighted by Crippen LogP contribution is -2.60. The lowest BCUT2D eigenvalue weighted by molar-refractivity contribution is -0.0515. The zero-order valence-corrected chi connectivity index (χ0v) is 11.6. The molecule has 3 heteroatoms. The Kier molecular flexibility index (Phi) is 2.31. The van der Waals surface area contributed by atoms with Crippen LogP contribution in [0, 0.1) is 0 Å². The molecule has 4 atom stereocenters. The summed E-state index contributed by atoms with van der Waals surface area (Å²) in [7, 11) is 2.21. The maximum absolute atomic E-state index is 9.87. The first-order valence-corrected chi connectivity index (χ1v) is 7.28. The third kappa shape index (κ3) is 1.46. The molecule has 2 fully saturated rings. The van der Waals surface area contributed by atoms with Crippen molar-refractivity contribution in [2.45, 2.75) is 49.9 Å². The van der Waals surface area contributed by atoms with E-state index in [1.807, 2.05) is 12.1 Å². The molecule has 2 heterocycles. The predicted molar refractivity (Wildman–Crippen MR) is 73.5 cm³/mol. The van der Waals surface area contributed by atoms with Gasteiger partial charge >= 0.3 is 0 Å². The van der Waals surface area contributed by atoms with Gasteiger partial charge in [0.15, 0.2) is 0 Å². The number of rotatable bonds is 0. The highest BCUT2D eigenvalue weighted by molar-refractivity contribution is 5.46. The number of likely N-dealkylation sites (N-methyl/N-ethyl adjacent to an activating group) is 1. The van der Waals surface area contributed by atoms with E-state index >= 15 is 0 Å². The van der Waals surface area contributed by atoms with Gasteiger partial charge in [-0.05, 0) is 63.0 Å². The lowest BCUT2D eigenvalue weighted by atomic mass is 9.61. The van der Waals surface area contributed by atoms with E-state index in [1.165, 1.54) is 11.1 Å². The van der Waals surface area contributed by atoms with Crippen LogP contribution in [0.4, 0.5) is 0 Å². The van der Waals surface area contributed by atoms with Gasteiger partial charge in [0.1, 0.15) is 5.75 Å². The Balaban J connectivity index is 1.92. The van der Waals surface area contributed by atoms with Crippen molar-refractivity contribution in [3.05, 3.63) is 29.3 Å². The number of hydrogen-bond donors (Lipinski definition) is 1. The molecule has 0 spiro atoms. The molecule has 0 amide bonds. The summed E-state index contributed by atoms with van der Waals surface area (Å²) in [5, 5.41) is 9.87. The van der Waals surface area contributed by atoms with Crippen LogP contribution in [0.25, 0.3) is 0 Å². The highest BCUT2D eigenvalue weighted by Gasteiger charge is 2.57. The quantitative estimate of drug-likeness (QED) is 0.774. The fourth-order valence-electron chi connectivity index (χ4n) is 4.63. The summed E-state index contributed by atoms with van der Waals surface area (Å²) in [6.45, 7) is 3.32. The Labute approximate surface area is 114 Å². The van der Waals surface area contributed by atoms with E-state index in [4.69, 9.17) is 4.74 Å². The van der Waals surface area contributed by atoms with Gasteiger partial charge in [-0.3, -0.25) is 0 Å². The largest absolute Gasteiger partial charge is 0.508 e. The molecule has 2 aliphatic heterocycles. The van der Waals surface area contributed by atoms with E-state index in [0.717, 1.165) is 25.8 Å². The van der Waals surface area contributed by atoms with E-state index in [-0.39, 0.29) is 5.41 Å². The summed E-state index contributed by atoms with van der Waals surface area (Å²) in [6, 6.07) is 6.42. The van der Waals surface area contributed by atoms with Gasteiger partial charge in [0.25, 0.3) is 0 Å². The second-order valence-corrected chi connectivity index (χ2v) is 6.57. The summed E-state index contributed by atoms with van der Waals surface area (Å²) in [5.74, 6) is 0.392. The van der Waals surface area contributed by atoms with Gasteiger partial charge in [0, 0.05) is 11.5 Å². The van der Waals surface area contributed by atoms with Gasteiger partial charge in [-0.25, -0.2) is 0 Å². The van der Waals surface area contributed by atoms with Gasteiger partial charge in [-0.2, -0.15) is 0 Å². The Morgan fingerprint density at radius 3 is 3.11 bits per heavy atom. The summed E-state index contributed by atoms with van der Waals surface area (Å²) >= 11 is 0. The second kappa shape index (κ2) is 3.74. The van der Waals surface area contributed by atoms with Crippen LogP contribution in [0.3, 0.4) is 0 Å². The van der Waals surface area contributed by atoms with Gasteiger partial charge in [-0.15, -0.1) is 0 Å². The summed E-state index contributed by atoms with van der Waals surface area (Å²) in [4.78, 5) is 2.46. The van der Waals surface area contributed by atoms with E-state index in [1.54, 1.807) is 0 Å². The number of ether oxygens (including phenoxy) is 1. The molecular weight excluding hydrogens is 238 g/mol. The zero-order valence-electron chi connectivity index (χ0n) is 11.6. The molecule has 1 aliphatic carbocycles. The minimum Gasteiger partial charge on any atom is -0.508 e. The molecule has 0 saturated carbocycles. The maximum Gasteiger partial charge on any atom is 0.115 e. The fourth-order valence-corrected chi connectivity index (χ4v) is 4.63. The van der Waals surface area contributed by atoms with Crippen molar-refractivity contribution in [1.82, 2.24) is 4.90 Å². The standard InChI is InChI=1S/C16H21NO2/c1-10-9-16-5-6-17(2)14(15(16)19-10)7-11-3-4-12(18)8-13(11)16/h3-4,8,10,14-15,18H,5-7,9H2,1-2H3/t10?,14-,15-,16-/m1/s1. The molecule has 0 aromatic heterocycles. The van der Waals surface area contributed by atoms with Crippen LogP contribution in [-0.4, -0.2) is 41.8 Å². The first kappa shape index (κ1) is 11.7. The first-order valence-electron chi connectivity index (χ1n) is 7.28. The van der Waals surface area contributed by atoms with Crippen molar-refractivity contribution in [3.63, 3.8) is 0 Å². The van der Waals surface area contributed by atoms with Crippen LogP contribution >= 0.6 is 0 Å². The average molecular weight is 259 g/mol. The topological polar surface area (TPSA) is 32.7 Å². The Hall–Kier alpha value is -1.06. The number of fused-ring (bicyclic) bond motifs is 1. The number of hydrogen-bond acceptors (Lipinski definition) is 3. The molecule has 1 unspecified atom stereocenters. The zero-order chi connectivity index (χ0) is 13.2. The van der Waals surface area contributed by atoms with Crippen molar-refractivity contribution in [3.8, 4) is 5.75 Å². The van der Waals surface area contributed by atoms with Crippen LogP contribution in [-0.2, 0) is 16.6 Å². The molecule has 2 bridgehead atoms. The van der Waals surface area contributed by atoms with Crippen LogP contribution in [0.1, 0.15) is 30.9 Å². The number of nitrogens with zero attached hydrogens (tertiary/aromatic N) is 1. The molecule has 1 aromatic carbocycles. The number of aromatic hydroxyl groups is 1. The van der Waals surface area contributed by atoms with E-state index in [0.29, 0.717) is 24.0 Å². The van der Waals surface area contributed by atoms with Gasteiger partial charge in [0.2, 0.25) is 0 Å². The summed E-state index contributed by atoms with van der Waals surface area (Å²) in [5.41, 5.74) is 2.90. The molecule has 0 radical (unpaired) electrons. The summed E-state index contributed by atoms with van der Waals surface area (Å²) < 4.78 is 6.27. The second-order valence-electron chi connectivity index (χ2n) is 6.57. The molecule has 2 saturated heterocycles. The monoisotopic (exact) mass is 259 g/mol. The highest BCUT2D eigenvalue weighted by atomic mass is 16.5. The predicted octanol–water partition coefficient (Wildman–Crippen LogP) is 2.07. The van der Waals surface area contributed by atoms with Crippen molar-refractivity contribution >= 4 is 0 Å². The summed E-state index contributed by atoms with van der Waals surface area (Å²) in [6.07, 6.45) is 3.91. The van der Waals surface area contributed by atoms with Gasteiger partial charge in [-0.1, -0.05) is 6.07 Å². The van der Waals surface area contributed by atoms with Crippen LogP contribution in [0.15, 0.2) is 18.2 Å². The van der Waals surface area contributed by atoms with Crippen LogP contribution in [0.5, 0.6) is 5.75 Å². The minimum atomic E-state index is 0.142. The number of likely N-dealkylation sites (tertiary alicyclic amines) is 1. The Bertz CT molecular complexity index is 529. The number of benzene rings is 1. The molecule has 3 aliphatic rings. The smallest absolute Gasteiger partial charge is 0.115 e. The number of phenols is 1. The van der Waals surface area contributed by atoms with E-state index in [9.17, 15) is 5.11 Å². The van der Waals surface area contributed by atoms with Crippen LogP contribution in [0.2, 0.25) is 0 Å². The average Bonchev–Trinajstić information content (AvgIpc) is 2.73. The van der Waals surface area contributed by atoms with Crippen molar-refractivity contribution < 1.29 is 9.84 Å².